The number of aryl methyl sites for hydroxylation is 1. The largest absolute Gasteiger partial charge is 0.434 e. The molecule has 92 valence electrons. The van der Waals surface area contributed by atoms with E-state index in [9.17, 15) is 0 Å². The van der Waals surface area contributed by atoms with Crippen molar-refractivity contribution in [2.24, 2.45) is 0 Å². The van der Waals surface area contributed by atoms with Crippen molar-refractivity contribution in [1.82, 2.24) is 14.8 Å². The van der Waals surface area contributed by atoms with Crippen LogP contribution >= 0.6 is 0 Å². The third kappa shape index (κ3) is 2.58. The minimum absolute atomic E-state index is 0.239. The number of anilines is 1. The maximum Gasteiger partial charge on any atom is 0.237 e. The van der Waals surface area contributed by atoms with Gasteiger partial charge in [0.15, 0.2) is 5.75 Å². The summed E-state index contributed by atoms with van der Waals surface area (Å²) in [7, 11) is 0. The number of ether oxygens (including phenoxy) is 1. The molecule has 0 aliphatic rings. The number of hydrogen-bond acceptors (Lipinski definition) is 5. The van der Waals surface area contributed by atoms with Crippen molar-refractivity contribution in [3.05, 3.63) is 30.2 Å². The third-order valence-electron chi connectivity index (χ3n) is 2.27. The molecule has 0 aliphatic carbocycles. The standard InChI is InChI=1S/C12H13N5O/c1-2-3-17-8-11(7-16-17)18-12-9(5-13)4-10(14)6-15-12/h4,6-8H,2-3,14H2,1H3. The highest BCUT2D eigenvalue weighted by Gasteiger charge is 2.08. The number of nitrogen functional groups attached to an aromatic ring is 1. The molecule has 0 saturated heterocycles. The van der Waals surface area contributed by atoms with Crippen molar-refractivity contribution in [3.8, 4) is 17.7 Å². The molecule has 0 amide bonds. The molecule has 6 heteroatoms. The molecule has 2 aromatic rings. The molecular weight excluding hydrogens is 230 g/mol. The van der Waals surface area contributed by atoms with Gasteiger partial charge in [-0.3, -0.25) is 4.68 Å². The molecule has 0 atom stereocenters. The molecule has 0 unspecified atom stereocenters. The Morgan fingerprint density at radius 3 is 3.06 bits per heavy atom. The topological polar surface area (TPSA) is 89.8 Å². The van der Waals surface area contributed by atoms with Crippen LogP contribution < -0.4 is 10.5 Å². The molecule has 0 spiro atoms. The first kappa shape index (κ1) is 11.9. The van der Waals surface area contributed by atoms with Crippen molar-refractivity contribution < 1.29 is 4.74 Å². The summed E-state index contributed by atoms with van der Waals surface area (Å²) >= 11 is 0. The van der Waals surface area contributed by atoms with Crippen LogP contribution in [0.25, 0.3) is 0 Å². The molecule has 2 rings (SSSR count). The van der Waals surface area contributed by atoms with Gasteiger partial charge in [-0.2, -0.15) is 10.4 Å². The summed E-state index contributed by atoms with van der Waals surface area (Å²) in [6, 6.07) is 3.52. The monoisotopic (exact) mass is 243 g/mol. The minimum Gasteiger partial charge on any atom is -0.434 e. The number of nitriles is 1. The van der Waals surface area contributed by atoms with Gasteiger partial charge in [0.25, 0.3) is 0 Å². The lowest BCUT2D eigenvalue weighted by Crippen LogP contribution is -1.96. The first-order valence-electron chi connectivity index (χ1n) is 5.59. The van der Waals surface area contributed by atoms with E-state index in [1.807, 2.05) is 6.07 Å². The Kier molecular flexibility index (Phi) is 3.44. The zero-order chi connectivity index (χ0) is 13.0. The van der Waals surface area contributed by atoms with E-state index < -0.39 is 0 Å². The Morgan fingerprint density at radius 1 is 1.50 bits per heavy atom. The van der Waals surface area contributed by atoms with Crippen molar-refractivity contribution in [1.29, 1.82) is 5.26 Å². The number of nitrogens with two attached hydrogens (primary N) is 1. The summed E-state index contributed by atoms with van der Waals surface area (Å²) < 4.78 is 7.29. The van der Waals surface area contributed by atoms with E-state index in [0.717, 1.165) is 13.0 Å². The highest BCUT2D eigenvalue weighted by atomic mass is 16.5. The fraction of sp³-hybridized carbons (Fsp3) is 0.250. The van der Waals surface area contributed by atoms with Crippen molar-refractivity contribution in [2.45, 2.75) is 19.9 Å². The molecule has 6 nitrogen and oxygen atoms in total. The molecule has 0 bridgehead atoms. The van der Waals surface area contributed by atoms with E-state index in [-0.39, 0.29) is 5.88 Å². The van der Waals surface area contributed by atoms with Gasteiger partial charge in [-0.1, -0.05) is 6.92 Å². The lowest BCUT2D eigenvalue weighted by molar-refractivity contribution is 0.460. The first-order valence-corrected chi connectivity index (χ1v) is 5.59. The Labute approximate surface area is 105 Å². The van der Waals surface area contributed by atoms with Crippen LogP contribution in [0.15, 0.2) is 24.7 Å². The minimum atomic E-state index is 0.239. The first-order chi connectivity index (χ1) is 8.72. The number of nitrogens with zero attached hydrogens (tertiary/aromatic N) is 4. The molecule has 2 heterocycles. The van der Waals surface area contributed by atoms with Gasteiger partial charge in [-0.15, -0.1) is 0 Å². The molecule has 0 radical (unpaired) electrons. The molecule has 18 heavy (non-hydrogen) atoms. The van der Waals surface area contributed by atoms with Crippen molar-refractivity contribution in [3.63, 3.8) is 0 Å². The Morgan fingerprint density at radius 2 is 2.33 bits per heavy atom. The lowest BCUT2D eigenvalue weighted by atomic mass is 10.3. The van der Waals surface area contributed by atoms with Crippen LogP contribution in [-0.2, 0) is 6.54 Å². The average molecular weight is 243 g/mol. The van der Waals surface area contributed by atoms with Crippen molar-refractivity contribution in [2.75, 3.05) is 5.73 Å². The highest BCUT2D eigenvalue weighted by Crippen LogP contribution is 2.23. The van der Waals surface area contributed by atoms with Gasteiger partial charge in [0.05, 0.1) is 24.3 Å². The molecule has 2 aromatic heterocycles. The normalized spacial score (nSPS) is 10.0. The summed E-state index contributed by atoms with van der Waals surface area (Å²) in [4.78, 5) is 3.99. The summed E-state index contributed by atoms with van der Waals surface area (Å²) in [5.41, 5.74) is 6.29. The summed E-state index contributed by atoms with van der Waals surface area (Å²) in [5.74, 6) is 0.792. The van der Waals surface area contributed by atoms with E-state index in [2.05, 4.69) is 17.0 Å². The van der Waals surface area contributed by atoms with Crippen molar-refractivity contribution >= 4 is 5.69 Å². The Hall–Kier alpha value is -2.55. The fourth-order valence-corrected chi connectivity index (χ4v) is 1.49. The lowest BCUT2D eigenvalue weighted by Gasteiger charge is -2.03. The Bertz CT molecular complexity index is 584. The zero-order valence-corrected chi connectivity index (χ0v) is 10.00. The van der Waals surface area contributed by atoms with E-state index in [1.54, 1.807) is 17.1 Å². The second kappa shape index (κ2) is 5.19. The van der Waals surface area contributed by atoms with Gasteiger partial charge in [0.2, 0.25) is 5.88 Å². The predicted molar refractivity (Wildman–Crippen MR) is 66.0 cm³/mol. The van der Waals surface area contributed by atoms with E-state index in [1.165, 1.54) is 12.3 Å². The number of rotatable bonds is 4. The summed E-state index contributed by atoms with van der Waals surface area (Å²) in [6.07, 6.45) is 5.80. The predicted octanol–water partition coefficient (Wildman–Crippen LogP) is 1.93. The van der Waals surface area contributed by atoms with Gasteiger partial charge in [0.1, 0.15) is 11.6 Å². The maximum absolute atomic E-state index is 8.96. The van der Waals surface area contributed by atoms with Gasteiger partial charge in [-0.25, -0.2) is 4.98 Å². The molecule has 0 saturated carbocycles. The highest BCUT2D eigenvalue weighted by molar-refractivity contribution is 5.49. The fourth-order valence-electron chi connectivity index (χ4n) is 1.49. The SMILES string of the molecule is CCCn1cc(Oc2ncc(N)cc2C#N)cn1. The van der Waals surface area contributed by atoms with Gasteiger partial charge in [-0.05, 0) is 12.5 Å². The van der Waals surface area contributed by atoms with Crippen LogP contribution in [0.5, 0.6) is 11.6 Å². The van der Waals surface area contributed by atoms with E-state index in [4.69, 9.17) is 15.7 Å². The molecular formula is C12H13N5O. The number of hydrogen-bond donors (Lipinski definition) is 1. The van der Waals surface area contributed by atoms with Gasteiger partial charge >= 0.3 is 0 Å². The quantitative estimate of drug-likeness (QED) is 0.886. The molecule has 2 N–H and O–H groups in total. The Balaban J connectivity index is 2.20. The van der Waals surface area contributed by atoms with Gasteiger partial charge < -0.3 is 10.5 Å². The van der Waals surface area contributed by atoms with E-state index in [0.29, 0.717) is 17.0 Å². The van der Waals surface area contributed by atoms with Crippen LogP contribution in [-0.4, -0.2) is 14.8 Å². The molecule has 0 aliphatic heterocycles. The summed E-state index contributed by atoms with van der Waals surface area (Å²) in [6.45, 7) is 2.89. The average Bonchev–Trinajstić information content (AvgIpc) is 2.79. The van der Waals surface area contributed by atoms with Gasteiger partial charge in [0, 0.05) is 6.54 Å². The van der Waals surface area contributed by atoms with Crippen LogP contribution in [0.4, 0.5) is 5.69 Å². The second-order valence-electron chi connectivity index (χ2n) is 3.77. The van der Waals surface area contributed by atoms with Crippen LogP contribution in [0.2, 0.25) is 0 Å². The zero-order valence-electron chi connectivity index (χ0n) is 10.00. The second-order valence-corrected chi connectivity index (χ2v) is 3.77. The number of pyridine rings is 1. The maximum atomic E-state index is 8.96. The van der Waals surface area contributed by atoms with Crippen LogP contribution in [0.1, 0.15) is 18.9 Å². The number of aromatic nitrogens is 3. The van der Waals surface area contributed by atoms with Crippen LogP contribution in [0, 0.1) is 11.3 Å². The third-order valence-corrected chi connectivity index (χ3v) is 2.27. The van der Waals surface area contributed by atoms with Crippen LogP contribution in [0.3, 0.4) is 0 Å². The smallest absolute Gasteiger partial charge is 0.237 e. The van der Waals surface area contributed by atoms with E-state index >= 15 is 0 Å². The summed E-state index contributed by atoms with van der Waals surface area (Å²) in [5, 5.41) is 13.1. The molecule has 0 aromatic carbocycles. The molecule has 0 fully saturated rings.